The monoisotopic (exact) mass is 407 g/mol. The Bertz CT molecular complexity index is 1020. The molecule has 1 fully saturated rings. The molecular weight excluding hydrogens is 382 g/mol. The fourth-order valence-electron chi connectivity index (χ4n) is 5.14. The predicted molar refractivity (Wildman–Crippen MR) is 119 cm³/mol. The lowest BCUT2D eigenvalue weighted by Crippen LogP contribution is -2.34. The number of fused-ring (bicyclic) bond motifs is 2. The first kappa shape index (κ1) is 18.7. The zero-order valence-electron chi connectivity index (χ0n) is 16.5. The number of para-hydroxylation sites is 1. The van der Waals surface area contributed by atoms with Gasteiger partial charge in [0.25, 0.3) is 0 Å². The van der Waals surface area contributed by atoms with Gasteiger partial charge >= 0.3 is 0 Å². The summed E-state index contributed by atoms with van der Waals surface area (Å²) in [4.78, 5) is 19.2. The number of hydrogen-bond acceptors (Lipinski definition) is 2. The summed E-state index contributed by atoms with van der Waals surface area (Å²) in [5, 5.41) is 2.09. The molecule has 0 bridgehead atoms. The molecule has 1 N–H and O–H groups in total. The van der Waals surface area contributed by atoms with Gasteiger partial charge in [-0.05, 0) is 74.1 Å². The molecule has 2 aliphatic heterocycles. The van der Waals surface area contributed by atoms with E-state index in [1.54, 1.807) is 0 Å². The highest BCUT2D eigenvalue weighted by molar-refractivity contribution is 6.31. The summed E-state index contributed by atoms with van der Waals surface area (Å²) in [6.45, 7) is 4.19. The van der Waals surface area contributed by atoms with E-state index in [1.807, 2.05) is 23.1 Å². The third-order valence-corrected chi connectivity index (χ3v) is 6.96. The molecule has 1 saturated heterocycles. The number of halogens is 1. The molecule has 0 aliphatic carbocycles. The van der Waals surface area contributed by atoms with Crippen molar-refractivity contribution in [3.05, 3.63) is 64.8 Å². The van der Waals surface area contributed by atoms with Crippen molar-refractivity contribution in [3.63, 3.8) is 0 Å². The van der Waals surface area contributed by atoms with E-state index in [-0.39, 0.29) is 0 Å². The van der Waals surface area contributed by atoms with Crippen LogP contribution in [0.3, 0.4) is 0 Å². The molecule has 1 atom stereocenters. The Labute approximate surface area is 176 Å². The van der Waals surface area contributed by atoms with Crippen molar-refractivity contribution in [1.82, 2.24) is 9.88 Å². The Morgan fingerprint density at radius 1 is 1.10 bits per heavy atom. The van der Waals surface area contributed by atoms with Crippen molar-refractivity contribution in [2.24, 2.45) is 0 Å². The van der Waals surface area contributed by atoms with Gasteiger partial charge in [-0.1, -0.05) is 35.9 Å². The summed E-state index contributed by atoms with van der Waals surface area (Å²) in [6, 6.07) is 14.5. The van der Waals surface area contributed by atoms with Crippen LogP contribution in [0, 0.1) is 0 Å². The molecule has 5 rings (SSSR count). The largest absolute Gasteiger partial charge is 0.361 e. The van der Waals surface area contributed by atoms with Gasteiger partial charge < -0.3 is 14.8 Å². The zero-order chi connectivity index (χ0) is 19.8. The van der Waals surface area contributed by atoms with Gasteiger partial charge in [-0.25, -0.2) is 0 Å². The number of nitrogens with one attached hydrogen (secondary N) is 1. The number of likely N-dealkylation sites (tertiary alicyclic amines) is 1. The van der Waals surface area contributed by atoms with E-state index in [0.29, 0.717) is 11.8 Å². The van der Waals surface area contributed by atoms with Gasteiger partial charge in [-0.3, -0.25) is 4.79 Å². The Hall–Kier alpha value is -2.30. The molecule has 3 heterocycles. The van der Waals surface area contributed by atoms with Crippen LogP contribution in [0.2, 0.25) is 5.02 Å². The topological polar surface area (TPSA) is 39.3 Å². The number of benzene rings is 2. The first-order valence-electron chi connectivity index (χ1n) is 10.5. The minimum Gasteiger partial charge on any atom is -0.361 e. The van der Waals surface area contributed by atoms with Crippen LogP contribution in [-0.4, -0.2) is 42.5 Å². The van der Waals surface area contributed by atoms with Crippen LogP contribution in [0.1, 0.15) is 42.2 Å². The highest BCUT2D eigenvalue weighted by Crippen LogP contribution is 2.38. The molecule has 150 valence electrons. The lowest BCUT2D eigenvalue weighted by Gasteiger charge is -2.32. The van der Waals surface area contributed by atoms with E-state index >= 15 is 0 Å². The quantitative estimate of drug-likeness (QED) is 0.594. The number of aromatic nitrogens is 1. The van der Waals surface area contributed by atoms with Gasteiger partial charge in [-0.15, -0.1) is 0 Å². The molecule has 5 heteroatoms. The Kier molecular flexibility index (Phi) is 5.06. The van der Waals surface area contributed by atoms with E-state index in [4.69, 9.17) is 11.6 Å². The van der Waals surface area contributed by atoms with Crippen LogP contribution in [0.5, 0.6) is 0 Å². The van der Waals surface area contributed by atoms with Gasteiger partial charge in [-0.2, -0.15) is 0 Å². The van der Waals surface area contributed by atoms with Gasteiger partial charge in [0.15, 0.2) is 0 Å². The number of carbonyl (C=O) groups is 1. The number of anilines is 1. The molecule has 1 amide bonds. The van der Waals surface area contributed by atoms with Gasteiger partial charge in [0.2, 0.25) is 6.41 Å². The molecule has 1 unspecified atom stereocenters. The van der Waals surface area contributed by atoms with Gasteiger partial charge in [0.1, 0.15) is 0 Å². The SMILES string of the molecule is O=CN1CC(CCN2CCC(c3c[nH]c4cc(Cl)ccc34)CC2)c2ccccc21. The van der Waals surface area contributed by atoms with Crippen molar-refractivity contribution in [2.45, 2.75) is 31.1 Å². The Morgan fingerprint density at radius 3 is 2.76 bits per heavy atom. The number of amides is 1. The summed E-state index contributed by atoms with van der Waals surface area (Å²) < 4.78 is 0. The van der Waals surface area contributed by atoms with E-state index < -0.39 is 0 Å². The highest BCUT2D eigenvalue weighted by Gasteiger charge is 2.29. The second kappa shape index (κ2) is 7.85. The Balaban J connectivity index is 1.19. The van der Waals surface area contributed by atoms with Crippen LogP contribution in [0.25, 0.3) is 10.9 Å². The van der Waals surface area contributed by atoms with Crippen LogP contribution >= 0.6 is 11.6 Å². The van der Waals surface area contributed by atoms with Crippen molar-refractivity contribution in [3.8, 4) is 0 Å². The van der Waals surface area contributed by atoms with Crippen LogP contribution in [-0.2, 0) is 4.79 Å². The standard InChI is InChI=1S/C24H26ClN3O/c25-19-5-6-21-22(14-26-23(21)13-19)17-7-10-27(11-8-17)12-9-18-15-28(16-29)24-4-2-1-3-20(18)24/h1-6,13-14,16-18,26H,7-12,15H2. The molecule has 3 aromatic rings. The molecule has 0 radical (unpaired) electrons. The summed E-state index contributed by atoms with van der Waals surface area (Å²) in [7, 11) is 0. The lowest BCUT2D eigenvalue weighted by molar-refractivity contribution is -0.107. The van der Waals surface area contributed by atoms with Crippen LogP contribution in [0.15, 0.2) is 48.7 Å². The second-order valence-electron chi connectivity index (χ2n) is 8.35. The van der Waals surface area contributed by atoms with Crippen molar-refractivity contribution < 1.29 is 4.79 Å². The van der Waals surface area contributed by atoms with E-state index in [9.17, 15) is 4.79 Å². The van der Waals surface area contributed by atoms with Crippen molar-refractivity contribution in [2.75, 3.05) is 31.1 Å². The van der Waals surface area contributed by atoms with Crippen LogP contribution < -0.4 is 4.90 Å². The number of nitrogens with zero attached hydrogens (tertiary/aromatic N) is 2. The minimum absolute atomic E-state index is 0.451. The Morgan fingerprint density at radius 2 is 1.93 bits per heavy atom. The molecule has 0 spiro atoms. The summed E-state index contributed by atoms with van der Waals surface area (Å²) in [5.74, 6) is 1.06. The van der Waals surface area contributed by atoms with Crippen molar-refractivity contribution in [1.29, 1.82) is 0 Å². The first-order valence-corrected chi connectivity index (χ1v) is 10.9. The maximum absolute atomic E-state index is 11.4. The number of H-pyrrole nitrogens is 1. The zero-order valence-corrected chi connectivity index (χ0v) is 17.2. The average Bonchev–Trinajstić information content (AvgIpc) is 3.33. The molecule has 0 saturated carbocycles. The number of rotatable bonds is 5. The van der Waals surface area contributed by atoms with Crippen LogP contribution in [0.4, 0.5) is 5.69 Å². The van der Waals surface area contributed by atoms with Gasteiger partial charge in [0.05, 0.1) is 0 Å². The number of carbonyl (C=O) groups excluding carboxylic acids is 1. The smallest absolute Gasteiger partial charge is 0.214 e. The second-order valence-corrected chi connectivity index (χ2v) is 8.79. The molecule has 4 nitrogen and oxygen atoms in total. The maximum atomic E-state index is 11.4. The van der Waals surface area contributed by atoms with Gasteiger partial charge in [0, 0.05) is 40.3 Å². The lowest BCUT2D eigenvalue weighted by atomic mass is 9.89. The summed E-state index contributed by atoms with van der Waals surface area (Å²) in [5.41, 5.74) is 4.98. The predicted octanol–water partition coefficient (Wildman–Crippen LogP) is 5.15. The molecule has 2 aliphatic rings. The fourth-order valence-corrected chi connectivity index (χ4v) is 5.31. The number of piperidine rings is 1. The maximum Gasteiger partial charge on any atom is 0.214 e. The normalized spacial score (nSPS) is 20.3. The number of aromatic amines is 1. The van der Waals surface area contributed by atoms with E-state index in [0.717, 1.165) is 55.2 Å². The molecule has 29 heavy (non-hydrogen) atoms. The summed E-state index contributed by atoms with van der Waals surface area (Å²) in [6.07, 6.45) is 6.63. The molecule has 1 aromatic heterocycles. The van der Waals surface area contributed by atoms with E-state index in [2.05, 4.69) is 40.3 Å². The third kappa shape index (κ3) is 3.56. The molecular formula is C24H26ClN3O. The minimum atomic E-state index is 0.451. The summed E-state index contributed by atoms with van der Waals surface area (Å²) >= 11 is 6.12. The number of hydrogen-bond donors (Lipinski definition) is 1. The highest BCUT2D eigenvalue weighted by atomic mass is 35.5. The van der Waals surface area contributed by atoms with Crippen molar-refractivity contribution >= 4 is 34.6 Å². The average molecular weight is 408 g/mol. The first-order chi connectivity index (χ1) is 14.2. The van der Waals surface area contributed by atoms with E-state index in [1.165, 1.54) is 29.4 Å². The molecule has 2 aromatic carbocycles. The fraction of sp³-hybridized carbons (Fsp3) is 0.375. The third-order valence-electron chi connectivity index (χ3n) is 6.73.